The topological polar surface area (TPSA) is 75.6 Å². The van der Waals surface area contributed by atoms with Gasteiger partial charge in [0.25, 0.3) is 0 Å². The van der Waals surface area contributed by atoms with Crippen molar-refractivity contribution >= 4 is 11.9 Å². The Bertz CT molecular complexity index is 476. The van der Waals surface area contributed by atoms with Crippen molar-refractivity contribution in [3.05, 3.63) is 30.1 Å². The average molecular weight is 283 g/mol. The molecule has 1 aromatic carbocycles. The molecule has 1 atom stereocenters. The minimum Gasteiger partial charge on any atom is -0.493 e. The molecule has 1 unspecified atom stereocenters. The molecule has 110 valence electrons. The fraction of sp³-hybridized carbons (Fsp3) is 0.429. The summed E-state index contributed by atoms with van der Waals surface area (Å²) >= 11 is 0. The second kappa shape index (κ2) is 7.47. The van der Waals surface area contributed by atoms with Gasteiger partial charge in [0.05, 0.1) is 13.0 Å². The number of nitrogens with one attached hydrogen (secondary N) is 1. The molecule has 0 aliphatic rings. The van der Waals surface area contributed by atoms with E-state index in [1.165, 1.54) is 18.2 Å². The van der Waals surface area contributed by atoms with Crippen LogP contribution >= 0.6 is 0 Å². The number of carbonyl (C=O) groups is 2. The molecule has 0 fully saturated rings. The summed E-state index contributed by atoms with van der Waals surface area (Å²) in [5, 5.41) is 11.4. The molecule has 6 heteroatoms. The third-order valence-electron chi connectivity index (χ3n) is 2.64. The van der Waals surface area contributed by atoms with Crippen LogP contribution in [-0.2, 0) is 9.59 Å². The lowest BCUT2D eigenvalue weighted by Crippen LogP contribution is -2.44. The fourth-order valence-corrected chi connectivity index (χ4v) is 1.58. The van der Waals surface area contributed by atoms with E-state index in [1.54, 1.807) is 19.9 Å². The molecule has 0 spiro atoms. The van der Waals surface area contributed by atoms with Gasteiger partial charge in [-0.2, -0.15) is 0 Å². The number of hydrogen-bond donors (Lipinski definition) is 2. The fourth-order valence-electron chi connectivity index (χ4n) is 1.58. The summed E-state index contributed by atoms with van der Waals surface area (Å²) < 4.78 is 18.1. The molecule has 0 bridgehead atoms. The van der Waals surface area contributed by atoms with Gasteiger partial charge in [-0.1, -0.05) is 19.9 Å². The van der Waals surface area contributed by atoms with Crippen molar-refractivity contribution in [2.75, 3.05) is 6.61 Å². The summed E-state index contributed by atoms with van der Waals surface area (Å²) in [5.74, 6) is -1.78. The highest BCUT2D eigenvalue weighted by Crippen LogP contribution is 2.12. The van der Waals surface area contributed by atoms with Crippen LogP contribution in [0.4, 0.5) is 4.39 Å². The van der Waals surface area contributed by atoms with E-state index < -0.39 is 23.7 Å². The zero-order valence-electron chi connectivity index (χ0n) is 11.4. The van der Waals surface area contributed by atoms with Crippen LogP contribution in [0.2, 0.25) is 0 Å². The SMILES string of the molecule is CC(C)C(NC(=O)CCOc1cccc(F)c1)C(=O)O. The van der Waals surface area contributed by atoms with Gasteiger partial charge >= 0.3 is 5.97 Å². The van der Waals surface area contributed by atoms with Crippen molar-refractivity contribution in [1.29, 1.82) is 0 Å². The third kappa shape index (κ3) is 5.26. The van der Waals surface area contributed by atoms with Gasteiger partial charge in [-0.3, -0.25) is 4.79 Å². The van der Waals surface area contributed by atoms with Crippen LogP contribution in [-0.4, -0.2) is 29.6 Å². The maximum absolute atomic E-state index is 12.9. The summed E-state index contributed by atoms with van der Waals surface area (Å²) in [5.41, 5.74) is 0. The molecule has 0 heterocycles. The van der Waals surface area contributed by atoms with E-state index in [9.17, 15) is 14.0 Å². The highest BCUT2D eigenvalue weighted by molar-refractivity contribution is 5.83. The van der Waals surface area contributed by atoms with E-state index in [-0.39, 0.29) is 18.9 Å². The molecule has 1 aromatic rings. The van der Waals surface area contributed by atoms with Crippen molar-refractivity contribution in [2.24, 2.45) is 5.92 Å². The third-order valence-corrected chi connectivity index (χ3v) is 2.64. The van der Waals surface area contributed by atoms with Crippen molar-refractivity contribution in [1.82, 2.24) is 5.32 Å². The van der Waals surface area contributed by atoms with Crippen LogP contribution < -0.4 is 10.1 Å². The van der Waals surface area contributed by atoms with Gasteiger partial charge in [-0.15, -0.1) is 0 Å². The smallest absolute Gasteiger partial charge is 0.326 e. The Balaban J connectivity index is 2.38. The number of benzene rings is 1. The highest BCUT2D eigenvalue weighted by atomic mass is 19.1. The zero-order chi connectivity index (χ0) is 15.1. The van der Waals surface area contributed by atoms with Crippen LogP contribution in [0.25, 0.3) is 0 Å². The Hall–Kier alpha value is -2.11. The summed E-state index contributed by atoms with van der Waals surface area (Å²) in [4.78, 5) is 22.5. The number of carboxylic acid groups (broad SMARTS) is 1. The molecule has 1 amide bonds. The minimum absolute atomic E-state index is 0.00696. The normalized spacial score (nSPS) is 12.0. The van der Waals surface area contributed by atoms with Gasteiger partial charge in [0.1, 0.15) is 17.6 Å². The molecule has 0 saturated carbocycles. The summed E-state index contributed by atoms with van der Waals surface area (Å²) in [7, 11) is 0. The monoisotopic (exact) mass is 283 g/mol. The second-order valence-electron chi connectivity index (χ2n) is 4.68. The number of carboxylic acids is 1. The van der Waals surface area contributed by atoms with Crippen molar-refractivity contribution < 1.29 is 23.8 Å². The van der Waals surface area contributed by atoms with Crippen LogP contribution in [0.3, 0.4) is 0 Å². The molecule has 0 radical (unpaired) electrons. The number of rotatable bonds is 7. The Morgan fingerprint density at radius 2 is 2.10 bits per heavy atom. The van der Waals surface area contributed by atoms with Crippen LogP contribution in [0.15, 0.2) is 24.3 Å². The van der Waals surface area contributed by atoms with Crippen LogP contribution in [0.5, 0.6) is 5.75 Å². The second-order valence-corrected chi connectivity index (χ2v) is 4.68. The van der Waals surface area contributed by atoms with E-state index in [2.05, 4.69) is 5.32 Å². The van der Waals surface area contributed by atoms with Crippen molar-refractivity contribution in [2.45, 2.75) is 26.3 Å². The number of amides is 1. The van der Waals surface area contributed by atoms with Crippen LogP contribution in [0.1, 0.15) is 20.3 Å². The summed E-state index contributed by atoms with van der Waals surface area (Å²) in [6, 6.07) is 4.67. The van der Waals surface area contributed by atoms with Gasteiger partial charge in [-0.05, 0) is 18.1 Å². The van der Waals surface area contributed by atoms with Crippen molar-refractivity contribution in [3.63, 3.8) is 0 Å². The lowest BCUT2D eigenvalue weighted by atomic mass is 10.0. The lowest BCUT2D eigenvalue weighted by molar-refractivity contribution is -0.143. The van der Waals surface area contributed by atoms with E-state index in [0.717, 1.165) is 0 Å². The molecular formula is C14H18FNO4. The van der Waals surface area contributed by atoms with Gasteiger partial charge in [-0.25, -0.2) is 9.18 Å². The number of hydrogen-bond acceptors (Lipinski definition) is 3. The Kier molecular flexibility index (Phi) is 5.96. The Morgan fingerprint density at radius 1 is 1.40 bits per heavy atom. The van der Waals surface area contributed by atoms with Gasteiger partial charge in [0, 0.05) is 6.07 Å². The Labute approximate surface area is 116 Å². The van der Waals surface area contributed by atoms with E-state index in [0.29, 0.717) is 5.75 Å². The number of ether oxygens (including phenoxy) is 1. The molecule has 5 nitrogen and oxygen atoms in total. The minimum atomic E-state index is -1.07. The van der Waals surface area contributed by atoms with Crippen molar-refractivity contribution in [3.8, 4) is 5.75 Å². The highest BCUT2D eigenvalue weighted by Gasteiger charge is 2.23. The molecule has 20 heavy (non-hydrogen) atoms. The quantitative estimate of drug-likeness (QED) is 0.800. The first kappa shape index (κ1) is 15.9. The maximum atomic E-state index is 12.9. The first-order valence-electron chi connectivity index (χ1n) is 6.30. The molecule has 0 aliphatic carbocycles. The van der Waals surface area contributed by atoms with E-state index >= 15 is 0 Å². The molecule has 1 rings (SSSR count). The van der Waals surface area contributed by atoms with Gasteiger partial charge < -0.3 is 15.2 Å². The standard InChI is InChI=1S/C14H18FNO4/c1-9(2)13(14(18)19)16-12(17)6-7-20-11-5-3-4-10(15)8-11/h3-5,8-9,13H,6-7H2,1-2H3,(H,16,17)(H,18,19). The van der Waals surface area contributed by atoms with Crippen LogP contribution in [0, 0.1) is 11.7 Å². The van der Waals surface area contributed by atoms with Gasteiger partial charge in [0.2, 0.25) is 5.91 Å². The van der Waals surface area contributed by atoms with Gasteiger partial charge in [0.15, 0.2) is 0 Å². The molecular weight excluding hydrogens is 265 g/mol. The average Bonchev–Trinajstić information content (AvgIpc) is 2.35. The summed E-state index contributed by atoms with van der Waals surface area (Å²) in [6.45, 7) is 3.48. The lowest BCUT2D eigenvalue weighted by Gasteiger charge is -2.17. The molecule has 0 aromatic heterocycles. The molecule has 0 saturated heterocycles. The predicted octanol–water partition coefficient (Wildman–Crippen LogP) is 1.82. The maximum Gasteiger partial charge on any atom is 0.326 e. The molecule has 0 aliphatic heterocycles. The first-order chi connectivity index (χ1) is 9.40. The number of aliphatic carboxylic acids is 1. The first-order valence-corrected chi connectivity index (χ1v) is 6.30. The largest absolute Gasteiger partial charge is 0.493 e. The number of carbonyl (C=O) groups excluding carboxylic acids is 1. The van der Waals surface area contributed by atoms with E-state index in [4.69, 9.17) is 9.84 Å². The molecule has 2 N–H and O–H groups in total. The Morgan fingerprint density at radius 3 is 2.65 bits per heavy atom. The summed E-state index contributed by atoms with van der Waals surface area (Å²) in [6.07, 6.45) is 0.00696. The zero-order valence-corrected chi connectivity index (χ0v) is 11.4. The number of halogens is 1. The van der Waals surface area contributed by atoms with E-state index in [1.807, 2.05) is 0 Å². The predicted molar refractivity (Wildman–Crippen MR) is 70.9 cm³/mol.